The maximum absolute atomic E-state index is 12.8. The third kappa shape index (κ3) is 4.49. The van der Waals surface area contributed by atoms with E-state index in [1.54, 1.807) is 6.07 Å². The molecule has 0 bridgehead atoms. The fourth-order valence-electron chi connectivity index (χ4n) is 3.90. The van der Waals surface area contributed by atoms with Crippen LogP contribution in [0.15, 0.2) is 36.5 Å². The average molecular weight is 421 g/mol. The van der Waals surface area contributed by atoms with Crippen LogP contribution >= 0.6 is 0 Å². The summed E-state index contributed by atoms with van der Waals surface area (Å²) in [6.07, 6.45) is 4.42. The number of nitrogens with zero attached hydrogens (tertiary/aromatic N) is 4. The van der Waals surface area contributed by atoms with Gasteiger partial charge in [-0.25, -0.2) is 4.98 Å². The van der Waals surface area contributed by atoms with Crippen molar-refractivity contribution in [1.82, 2.24) is 20.3 Å². The molecule has 0 radical (unpaired) electrons. The lowest BCUT2D eigenvalue weighted by atomic mass is 10.2. The Morgan fingerprint density at radius 1 is 1.26 bits per heavy atom. The molecular formula is C23H28N6O2. The quantitative estimate of drug-likeness (QED) is 0.611. The molecule has 1 saturated carbocycles. The molecule has 8 heteroatoms. The number of aromatic amines is 1. The second kappa shape index (κ2) is 8.55. The maximum Gasteiger partial charge on any atom is 0.270 e. The van der Waals surface area contributed by atoms with Gasteiger partial charge in [0.1, 0.15) is 11.5 Å². The fraction of sp³-hybridized carbons (Fsp3) is 0.435. The normalized spacial score (nSPS) is 16.5. The third-order valence-electron chi connectivity index (χ3n) is 5.94. The number of ether oxygens (including phenoxy) is 1. The molecule has 1 amide bonds. The van der Waals surface area contributed by atoms with Crippen LogP contribution in [0.1, 0.15) is 28.9 Å². The van der Waals surface area contributed by atoms with Crippen LogP contribution in [0, 0.1) is 5.92 Å². The standard InChI is InChI=1S/C23H28N6O2/c1-28(15-17-14-24-19-5-3-2-4-18(17)19)23-26-20(22(30)25-13-16-6-7-16)12-21(27-23)29-8-10-31-11-9-29/h2-5,12,14,16,24H,6-11,13,15H2,1H3,(H,25,30). The number of rotatable bonds is 7. The lowest BCUT2D eigenvalue weighted by Crippen LogP contribution is -2.37. The number of aromatic nitrogens is 3. The molecule has 2 aliphatic rings. The van der Waals surface area contributed by atoms with Gasteiger partial charge in [-0.1, -0.05) is 18.2 Å². The van der Waals surface area contributed by atoms with Crippen LogP contribution in [-0.4, -0.2) is 60.8 Å². The van der Waals surface area contributed by atoms with E-state index in [4.69, 9.17) is 9.72 Å². The van der Waals surface area contributed by atoms with Crippen LogP contribution in [0.5, 0.6) is 0 Å². The summed E-state index contributed by atoms with van der Waals surface area (Å²) in [5, 5.41) is 4.21. The zero-order chi connectivity index (χ0) is 21.2. The largest absolute Gasteiger partial charge is 0.378 e. The number of anilines is 2. The van der Waals surface area contributed by atoms with Crippen molar-refractivity contribution in [3.8, 4) is 0 Å². The maximum atomic E-state index is 12.8. The summed E-state index contributed by atoms with van der Waals surface area (Å²) in [4.78, 5) is 29.7. The molecular weight excluding hydrogens is 392 g/mol. The summed E-state index contributed by atoms with van der Waals surface area (Å²) in [5.74, 6) is 1.81. The predicted octanol–water partition coefficient (Wildman–Crippen LogP) is 2.57. The molecule has 0 atom stereocenters. The van der Waals surface area contributed by atoms with Crippen molar-refractivity contribution >= 4 is 28.6 Å². The van der Waals surface area contributed by atoms with Crippen LogP contribution in [0.4, 0.5) is 11.8 Å². The smallest absolute Gasteiger partial charge is 0.270 e. The van der Waals surface area contributed by atoms with Gasteiger partial charge in [0.25, 0.3) is 5.91 Å². The number of carbonyl (C=O) groups excluding carboxylic acids is 1. The van der Waals surface area contributed by atoms with Crippen molar-refractivity contribution in [1.29, 1.82) is 0 Å². The first-order valence-corrected chi connectivity index (χ1v) is 10.9. The zero-order valence-electron chi connectivity index (χ0n) is 17.8. The van der Waals surface area contributed by atoms with E-state index in [1.807, 2.05) is 30.3 Å². The van der Waals surface area contributed by atoms with E-state index in [0.717, 1.165) is 31.0 Å². The van der Waals surface area contributed by atoms with Crippen molar-refractivity contribution < 1.29 is 9.53 Å². The predicted molar refractivity (Wildman–Crippen MR) is 121 cm³/mol. The summed E-state index contributed by atoms with van der Waals surface area (Å²) in [7, 11) is 1.96. The van der Waals surface area contributed by atoms with E-state index in [-0.39, 0.29) is 5.91 Å². The molecule has 1 aliphatic heterocycles. The Morgan fingerprint density at radius 3 is 2.87 bits per heavy atom. The molecule has 2 aromatic heterocycles. The molecule has 1 aliphatic carbocycles. The van der Waals surface area contributed by atoms with Gasteiger partial charge in [0.15, 0.2) is 0 Å². The molecule has 3 aromatic rings. The van der Waals surface area contributed by atoms with Gasteiger partial charge in [-0.3, -0.25) is 4.79 Å². The summed E-state index contributed by atoms with van der Waals surface area (Å²) in [6, 6.07) is 10.0. The topological polar surface area (TPSA) is 86.4 Å². The molecule has 5 rings (SSSR count). The van der Waals surface area contributed by atoms with Crippen molar-refractivity contribution in [2.75, 3.05) is 49.7 Å². The van der Waals surface area contributed by atoms with Crippen molar-refractivity contribution in [2.45, 2.75) is 19.4 Å². The van der Waals surface area contributed by atoms with E-state index in [0.29, 0.717) is 37.3 Å². The number of amides is 1. The van der Waals surface area contributed by atoms with E-state index in [9.17, 15) is 4.79 Å². The number of hydrogen-bond acceptors (Lipinski definition) is 6. The van der Waals surface area contributed by atoms with E-state index < -0.39 is 0 Å². The Labute approximate surface area is 181 Å². The van der Waals surface area contributed by atoms with Gasteiger partial charge in [-0.2, -0.15) is 4.98 Å². The highest BCUT2D eigenvalue weighted by Crippen LogP contribution is 2.28. The highest BCUT2D eigenvalue weighted by Gasteiger charge is 2.24. The van der Waals surface area contributed by atoms with Gasteiger partial charge >= 0.3 is 0 Å². The van der Waals surface area contributed by atoms with Crippen LogP contribution in [0.2, 0.25) is 0 Å². The van der Waals surface area contributed by atoms with Gasteiger partial charge in [0.05, 0.1) is 13.2 Å². The number of H-pyrrole nitrogens is 1. The van der Waals surface area contributed by atoms with Gasteiger partial charge in [0.2, 0.25) is 5.95 Å². The number of fused-ring (bicyclic) bond motifs is 1. The summed E-state index contributed by atoms with van der Waals surface area (Å²) in [5.41, 5.74) is 2.69. The Kier molecular flexibility index (Phi) is 5.46. The highest BCUT2D eigenvalue weighted by molar-refractivity contribution is 5.93. The number of carbonyl (C=O) groups is 1. The van der Waals surface area contributed by atoms with Crippen LogP contribution in [0.25, 0.3) is 10.9 Å². The van der Waals surface area contributed by atoms with Crippen molar-refractivity contribution in [3.63, 3.8) is 0 Å². The second-order valence-corrected chi connectivity index (χ2v) is 8.38. The van der Waals surface area contributed by atoms with Crippen molar-refractivity contribution in [2.24, 2.45) is 5.92 Å². The molecule has 1 aromatic carbocycles. The van der Waals surface area contributed by atoms with Crippen LogP contribution in [0.3, 0.4) is 0 Å². The number of para-hydroxylation sites is 1. The van der Waals surface area contributed by atoms with Gasteiger partial charge < -0.3 is 24.8 Å². The highest BCUT2D eigenvalue weighted by atomic mass is 16.5. The number of benzene rings is 1. The zero-order valence-corrected chi connectivity index (χ0v) is 17.8. The van der Waals surface area contributed by atoms with Gasteiger partial charge in [0, 0.05) is 56.4 Å². The average Bonchev–Trinajstić information content (AvgIpc) is 3.57. The molecule has 2 fully saturated rings. The molecule has 0 spiro atoms. The fourth-order valence-corrected chi connectivity index (χ4v) is 3.90. The van der Waals surface area contributed by atoms with Crippen LogP contribution < -0.4 is 15.1 Å². The minimum absolute atomic E-state index is 0.134. The van der Waals surface area contributed by atoms with Gasteiger partial charge in [-0.05, 0) is 30.4 Å². The van der Waals surface area contributed by atoms with E-state index >= 15 is 0 Å². The number of nitrogens with one attached hydrogen (secondary N) is 2. The Bertz CT molecular complexity index is 1070. The van der Waals surface area contributed by atoms with Gasteiger partial charge in [-0.15, -0.1) is 0 Å². The Balaban J connectivity index is 1.42. The molecule has 1 saturated heterocycles. The lowest BCUT2D eigenvalue weighted by molar-refractivity contribution is 0.0946. The van der Waals surface area contributed by atoms with Crippen LogP contribution in [-0.2, 0) is 11.3 Å². The Morgan fingerprint density at radius 2 is 2.06 bits per heavy atom. The van der Waals surface area contributed by atoms with E-state index in [1.165, 1.54) is 23.8 Å². The summed E-state index contributed by atoms with van der Waals surface area (Å²) < 4.78 is 5.48. The second-order valence-electron chi connectivity index (χ2n) is 8.38. The first-order chi connectivity index (χ1) is 15.2. The monoisotopic (exact) mass is 420 g/mol. The van der Waals surface area contributed by atoms with E-state index in [2.05, 4.69) is 32.3 Å². The SMILES string of the molecule is CN(Cc1c[nH]c2ccccc12)c1nc(C(=O)NCC2CC2)cc(N2CCOCC2)n1. The summed E-state index contributed by atoms with van der Waals surface area (Å²) in [6.45, 7) is 4.19. The molecule has 31 heavy (non-hydrogen) atoms. The molecule has 8 nitrogen and oxygen atoms in total. The molecule has 162 valence electrons. The van der Waals surface area contributed by atoms with Crippen molar-refractivity contribution in [3.05, 3.63) is 47.8 Å². The number of morpholine rings is 1. The minimum Gasteiger partial charge on any atom is -0.378 e. The number of hydrogen-bond donors (Lipinski definition) is 2. The molecule has 0 unspecified atom stereocenters. The molecule has 3 heterocycles. The Hall–Kier alpha value is -3.13. The first-order valence-electron chi connectivity index (χ1n) is 10.9. The molecule has 2 N–H and O–H groups in total. The third-order valence-corrected chi connectivity index (χ3v) is 5.94. The lowest BCUT2D eigenvalue weighted by Gasteiger charge is -2.29. The summed E-state index contributed by atoms with van der Waals surface area (Å²) >= 11 is 0. The minimum atomic E-state index is -0.134. The first kappa shape index (κ1) is 19.8.